The third-order valence-corrected chi connectivity index (χ3v) is 5.53. The molecule has 3 rings (SSSR count). The van der Waals surface area contributed by atoms with E-state index in [9.17, 15) is 0 Å². The molecule has 0 aliphatic heterocycles. The minimum absolute atomic E-state index is 0.782. The number of allylic oxidation sites excluding steroid dienone is 1. The van der Waals surface area contributed by atoms with E-state index in [1.807, 2.05) is 0 Å². The molecule has 0 spiro atoms. The van der Waals surface area contributed by atoms with Gasteiger partial charge in [-0.15, -0.1) is 0 Å². The predicted octanol–water partition coefficient (Wildman–Crippen LogP) is 7.46. The molecular weight excluding hydrogens is 288 g/mol. The summed E-state index contributed by atoms with van der Waals surface area (Å²) in [5.74, 6) is 1.77. The van der Waals surface area contributed by atoms with Gasteiger partial charge in [0.25, 0.3) is 0 Å². The average Bonchev–Trinajstić information content (AvgIpc) is 2.64. The molecule has 2 aromatic carbocycles. The first-order valence-electron chi connectivity index (χ1n) is 9.63. The summed E-state index contributed by atoms with van der Waals surface area (Å²) in [5, 5.41) is 0. The van der Waals surface area contributed by atoms with Gasteiger partial charge in [0.15, 0.2) is 0 Å². The van der Waals surface area contributed by atoms with Crippen LogP contribution in [0.2, 0.25) is 0 Å². The van der Waals surface area contributed by atoms with Crippen LogP contribution in [0.1, 0.15) is 69.4 Å². The van der Waals surface area contributed by atoms with Crippen molar-refractivity contribution in [3.63, 3.8) is 0 Å². The van der Waals surface area contributed by atoms with Crippen LogP contribution in [0.15, 0.2) is 54.6 Å². The highest BCUT2D eigenvalue weighted by atomic mass is 14.3. The Morgan fingerprint density at radius 3 is 1.96 bits per heavy atom. The van der Waals surface area contributed by atoms with Crippen molar-refractivity contribution in [3.05, 3.63) is 65.7 Å². The van der Waals surface area contributed by atoms with Crippen molar-refractivity contribution in [2.45, 2.75) is 58.3 Å². The molecule has 0 amide bonds. The van der Waals surface area contributed by atoms with Crippen LogP contribution in [-0.2, 0) is 0 Å². The summed E-state index contributed by atoms with van der Waals surface area (Å²) < 4.78 is 0. The number of hydrogen-bond acceptors (Lipinski definition) is 0. The second-order valence-electron chi connectivity index (χ2n) is 7.25. The molecule has 1 fully saturated rings. The van der Waals surface area contributed by atoms with Gasteiger partial charge in [-0.3, -0.25) is 0 Å². The van der Waals surface area contributed by atoms with Gasteiger partial charge in [0.1, 0.15) is 0 Å². The van der Waals surface area contributed by atoms with E-state index in [4.69, 9.17) is 0 Å². The molecule has 0 saturated heterocycles. The second-order valence-corrected chi connectivity index (χ2v) is 7.25. The molecule has 0 nitrogen and oxygen atoms in total. The fourth-order valence-electron chi connectivity index (χ4n) is 4.12. The molecule has 0 heterocycles. The maximum atomic E-state index is 2.36. The van der Waals surface area contributed by atoms with Gasteiger partial charge in [-0.1, -0.05) is 80.4 Å². The third kappa shape index (κ3) is 4.17. The van der Waals surface area contributed by atoms with E-state index in [2.05, 4.69) is 74.5 Å². The summed E-state index contributed by atoms with van der Waals surface area (Å²) in [7, 11) is 0. The number of rotatable bonds is 5. The van der Waals surface area contributed by atoms with E-state index >= 15 is 0 Å². The van der Waals surface area contributed by atoms with Crippen LogP contribution in [0.4, 0.5) is 0 Å². The minimum atomic E-state index is 0.782. The standard InChI is InChI=1S/C24H30/c1-3-5-19-7-11-21(12-8-19)23-15-17-24(18-16-23)22-13-9-20(6-4-2)10-14-22/h3,5,7-8,11-12,15-18,20,22H,4,6,9-10,13-14H2,1-2H3/b5-3+. The Morgan fingerprint density at radius 2 is 1.42 bits per heavy atom. The van der Waals surface area contributed by atoms with Crippen molar-refractivity contribution < 1.29 is 0 Å². The molecule has 0 bridgehead atoms. The zero-order valence-electron chi connectivity index (χ0n) is 15.2. The highest BCUT2D eigenvalue weighted by molar-refractivity contribution is 5.66. The van der Waals surface area contributed by atoms with Gasteiger partial charge in [0.2, 0.25) is 0 Å². The molecule has 0 N–H and O–H groups in total. The molecular formula is C24H30. The van der Waals surface area contributed by atoms with Gasteiger partial charge in [-0.25, -0.2) is 0 Å². The fourth-order valence-corrected chi connectivity index (χ4v) is 4.12. The molecule has 126 valence electrons. The Labute approximate surface area is 147 Å². The third-order valence-electron chi connectivity index (χ3n) is 5.53. The first kappa shape index (κ1) is 17.0. The molecule has 1 aliphatic carbocycles. The first-order valence-corrected chi connectivity index (χ1v) is 9.63. The van der Waals surface area contributed by atoms with Crippen LogP contribution < -0.4 is 0 Å². The lowest BCUT2D eigenvalue weighted by Gasteiger charge is -2.28. The molecule has 0 atom stereocenters. The predicted molar refractivity (Wildman–Crippen MR) is 106 cm³/mol. The van der Waals surface area contributed by atoms with Crippen molar-refractivity contribution in [2.24, 2.45) is 5.92 Å². The molecule has 2 aromatic rings. The van der Waals surface area contributed by atoms with Crippen molar-refractivity contribution in [3.8, 4) is 11.1 Å². The minimum Gasteiger partial charge on any atom is -0.0871 e. The monoisotopic (exact) mass is 318 g/mol. The summed E-state index contributed by atoms with van der Waals surface area (Å²) in [6.45, 7) is 4.37. The fraction of sp³-hybridized carbons (Fsp3) is 0.417. The summed E-state index contributed by atoms with van der Waals surface area (Å²) in [6, 6.07) is 18.2. The average molecular weight is 319 g/mol. The van der Waals surface area contributed by atoms with Crippen LogP contribution in [0.3, 0.4) is 0 Å². The largest absolute Gasteiger partial charge is 0.0871 e. The van der Waals surface area contributed by atoms with Crippen molar-refractivity contribution in [1.29, 1.82) is 0 Å². The van der Waals surface area contributed by atoms with E-state index in [0.717, 1.165) is 11.8 Å². The van der Waals surface area contributed by atoms with Crippen molar-refractivity contribution in [1.82, 2.24) is 0 Å². The van der Waals surface area contributed by atoms with E-state index in [-0.39, 0.29) is 0 Å². The number of hydrogen-bond donors (Lipinski definition) is 0. The van der Waals surface area contributed by atoms with Crippen LogP contribution in [0, 0.1) is 5.92 Å². The van der Waals surface area contributed by atoms with Crippen molar-refractivity contribution >= 4 is 6.08 Å². The smallest absolute Gasteiger partial charge is 0.0162 e. The van der Waals surface area contributed by atoms with E-state index in [0.29, 0.717) is 0 Å². The molecule has 1 aliphatic rings. The lowest BCUT2D eigenvalue weighted by atomic mass is 9.77. The Kier molecular flexibility index (Phi) is 5.91. The second kappa shape index (κ2) is 8.33. The topological polar surface area (TPSA) is 0 Å². The quantitative estimate of drug-likeness (QED) is 0.536. The van der Waals surface area contributed by atoms with Crippen LogP contribution in [0.5, 0.6) is 0 Å². The van der Waals surface area contributed by atoms with Crippen LogP contribution in [0.25, 0.3) is 17.2 Å². The Balaban J connectivity index is 1.65. The summed E-state index contributed by atoms with van der Waals surface area (Å²) in [5.41, 5.74) is 5.44. The van der Waals surface area contributed by atoms with E-state index < -0.39 is 0 Å². The summed E-state index contributed by atoms with van der Waals surface area (Å²) in [6.07, 6.45) is 12.6. The number of benzene rings is 2. The Morgan fingerprint density at radius 1 is 0.833 bits per heavy atom. The van der Waals surface area contributed by atoms with E-state index in [1.54, 1.807) is 5.56 Å². The molecule has 1 saturated carbocycles. The lowest BCUT2D eigenvalue weighted by molar-refractivity contribution is 0.308. The van der Waals surface area contributed by atoms with Crippen LogP contribution in [-0.4, -0.2) is 0 Å². The molecule has 24 heavy (non-hydrogen) atoms. The Bertz CT molecular complexity index is 637. The molecule has 0 unspecified atom stereocenters. The van der Waals surface area contributed by atoms with Gasteiger partial charge >= 0.3 is 0 Å². The van der Waals surface area contributed by atoms with Gasteiger partial charge in [0, 0.05) is 0 Å². The van der Waals surface area contributed by atoms with Gasteiger partial charge in [-0.2, -0.15) is 0 Å². The zero-order chi connectivity index (χ0) is 16.8. The zero-order valence-corrected chi connectivity index (χ0v) is 15.2. The van der Waals surface area contributed by atoms with Crippen LogP contribution >= 0.6 is 0 Å². The lowest BCUT2D eigenvalue weighted by Crippen LogP contribution is -2.13. The van der Waals surface area contributed by atoms with Gasteiger partial charge in [0.05, 0.1) is 0 Å². The van der Waals surface area contributed by atoms with Gasteiger partial charge < -0.3 is 0 Å². The van der Waals surface area contributed by atoms with Gasteiger partial charge in [-0.05, 0) is 66.7 Å². The Hall–Kier alpha value is -1.82. The van der Waals surface area contributed by atoms with Crippen molar-refractivity contribution in [2.75, 3.05) is 0 Å². The van der Waals surface area contributed by atoms with E-state index in [1.165, 1.54) is 55.2 Å². The summed E-state index contributed by atoms with van der Waals surface area (Å²) in [4.78, 5) is 0. The first-order chi connectivity index (χ1) is 11.8. The molecule has 0 aromatic heterocycles. The highest BCUT2D eigenvalue weighted by Crippen LogP contribution is 2.38. The SMILES string of the molecule is C/C=C/c1ccc(-c2ccc(C3CCC(CCC)CC3)cc2)cc1. The normalized spacial score (nSPS) is 21.2. The summed E-state index contributed by atoms with van der Waals surface area (Å²) >= 11 is 0. The molecule has 0 heteroatoms. The molecule has 0 radical (unpaired) electrons. The maximum absolute atomic E-state index is 2.36. The maximum Gasteiger partial charge on any atom is -0.0162 e. The highest BCUT2D eigenvalue weighted by Gasteiger charge is 2.21.